The molecule has 0 bridgehead atoms. The topological polar surface area (TPSA) is 87.1 Å². The molecule has 2 aromatic carbocycles. The van der Waals surface area contributed by atoms with Crippen LogP contribution < -0.4 is 4.74 Å². The predicted octanol–water partition coefficient (Wildman–Crippen LogP) is 2.50. The van der Waals surface area contributed by atoms with E-state index in [0.29, 0.717) is 23.5 Å². The molecule has 1 amide bonds. The van der Waals surface area contributed by atoms with E-state index in [-0.39, 0.29) is 24.5 Å². The van der Waals surface area contributed by atoms with Gasteiger partial charge in [-0.3, -0.25) is 9.59 Å². The predicted molar refractivity (Wildman–Crippen MR) is 100 cm³/mol. The summed E-state index contributed by atoms with van der Waals surface area (Å²) in [6, 6.07) is 14.9. The highest BCUT2D eigenvalue weighted by Gasteiger charge is 2.45. The number of amides is 1. The average molecular weight is 367 g/mol. The van der Waals surface area contributed by atoms with Crippen LogP contribution in [0.2, 0.25) is 0 Å². The van der Waals surface area contributed by atoms with Crippen LogP contribution in [0.1, 0.15) is 24.1 Å². The van der Waals surface area contributed by atoms with E-state index in [1.807, 2.05) is 13.0 Å². The highest BCUT2D eigenvalue weighted by molar-refractivity contribution is 6.46. The molecule has 1 atom stereocenters. The number of benzene rings is 2. The molecule has 0 spiro atoms. The van der Waals surface area contributed by atoms with Crippen LogP contribution in [0.15, 0.2) is 60.2 Å². The summed E-state index contributed by atoms with van der Waals surface area (Å²) in [5.74, 6) is -1.09. The van der Waals surface area contributed by atoms with E-state index in [4.69, 9.17) is 4.74 Å². The molecule has 3 rings (SSSR count). The Bertz CT molecular complexity index is 858. The summed E-state index contributed by atoms with van der Waals surface area (Å²) in [4.78, 5) is 26.4. The van der Waals surface area contributed by atoms with Crippen LogP contribution in [0.25, 0.3) is 5.76 Å². The van der Waals surface area contributed by atoms with E-state index in [9.17, 15) is 19.8 Å². The number of ketones is 1. The van der Waals surface area contributed by atoms with Crippen molar-refractivity contribution >= 4 is 17.4 Å². The Morgan fingerprint density at radius 3 is 2.33 bits per heavy atom. The first kappa shape index (κ1) is 18.7. The van der Waals surface area contributed by atoms with E-state index >= 15 is 0 Å². The summed E-state index contributed by atoms with van der Waals surface area (Å²) in [5, 5.41) is 20.1. The number of likely N-dealkylation sites (tertiary alicyclic amines) is 1. The SMILES string of the molecule is CCOc1ccc(C(O)=C2C(=O)C(=O)N(CCO)C2c2ccccc2)cc1. The fraction of sp³-hybridized carbons (Fsp3) is 0.238. The molecular weight excluding hydrogens is 346 g/mol. The Balaban J connectivity index is 2.10. The maximum Gasteiger partial charge on any atom is 0.295 e. The summed E-state index contributed by atoms with van der Waals surface area (Å²) in [5.41, 5.74) is 1.13. The Morgan fingerprint density at radius 2 is 1.74 bits per heavy atom. The van der Waals surface area contributed by atoms with Gasteiger partial charge in [-0.05, 0) is 36.8 Å². The van der Waals surface area contributed by atoms with Crippen LogP contribution in [0.4, 0.5) is 0 Å². The van der Waals surface area contributed by atoms with Crippen LogP contribution in [0, 0.1) is 0 Å². The third-order valence-electron chi connectivity index (χ3n) is 4.43. The molecule has 6 heteroatoms. The number of β-amino-alcohol motifs (C(OH)–C–C–N with tert-alkyl or cyclic N) is 1. The number of ether oxygens (including phenoxy) is 1. The van der Waals surface area contributed by atoms with Gasteiger partial charge < -0.3 is 19.8 Å². The molecule has 0 aliphatic carbocycles. The Labute approximate surface area is 157 Å². The minimum Gasteiger partial charge on any atom is -0.507 e. The number of carbonyl (C=O) groups excluding carboxylic acids is 2. The maximum atomic E-state index is 12.6. The van der Waals surface area contributed by atoms with Crippen LogP contribution in [-0.4, -0.2) is 46.6 Å². The monoisotopic (exact) mass is 367 g/mol. The first-order chi connectivity index (χ1) is 13.1. The summed E-state index contributed by atoms with van der Waals surface area (Å²) in [7, 11) is 0. The molecule has 0 radical (unpaired) electrons. The molecule has 1 fully saturated rings. The number of Topliss-reactive ketones (excluding diaryl/α,β-unsaturated/α-hetero) is 1. The maximum absolute atomic E-state index is 12.6. The van der Waals surface area contributed by atoms with Gasteiger partial charge in [0.1, 0.15) is 11.5 Å². The van der Waals surface area contributed by atoms with Crippen molar-refractivity contribution in [2.24, 2.45) is 0 Å². The number of hydrogen-bond donors (Lipinski definition) is 2. The van der Waals surface area contributed by atoms with E-state index in [1.165, 1.54) is 4.90 Å². The fourth-order valence-electron chi connectivity index (χ4n) is 3.23. The standard InChI is InChI=1S/C21H21NO5/c1-2-27-16-10-8-15(9-11-16)19(24)17-18(14-6-4-3-5-7-14)22(12-13-23)21(26)20(17)25/h3-11,18,23-24H,2,12-13H2,1H3. The Kier molecular flexibility index (Phi) is 5.57. The lowest BCUT2D eigenvalue weighted by atomic mass is 9.95. The number of nitrogens with zero attached hydrogens (tertiary/aromatic N) is 1. The van der Waals surface area contributed by atoms with Gasteiger partial charge >= 0.3 is 0 Å². The summed E-state index contributed by atoms with van der Waals surface area (Å²) in [6.07, 6.45) is 0. The lowest BCUT2D eigenvalue weighted by molar-refractivity contribution is -0.140. The van der Waals surface area contributed by atoms with E-state index in [1.54, 1.807) is 48.5 Å². The normalized spacial score (nSPS) is 18.7. The minimum absolute atomic E-state index is 0.00416. The molecular formula is C21H21NO5. The van der Waals surface area contributed by atoms with E-state index in [2.05, 4.69) is 0 Å². The molecule has 2 N–H and O–H groups in total. The zero-order valence-electron chi connectivity index (χ0n) is 15.0. The van der Waals surface area contributed by atoms with Gasteiger partial charge in [-0.1, -0.05) is 30.3 Å². The van der Waals surface area contributed by atoms with Gasteiger partial charge in [-0.15, -0.1) is 0 Å². The van der Waals surface area contributed by atoms with E-state index < -0.39 is 17.7 Å². The van der Waals surface area contributed by atoms with Crippen LogP contribution >= 0.6 is 0 Å². The first-order valence-corrected chi connectivity index (χ1v) is 8.76. The van der Waals surface area contributed by atoms with Gasteiger partial charge in [0.25, 0.3) is 11.7 Å². The number of aliphatic hydroxyl groups is 2. The van der Waals surface area contributed by atoms with Crippen molar-refractivity contribution in [3.63, 3.8) is 0 Å². The van der Waals surface area contributed by atoms with Gasteiger partial charge in [0.15, 0.2) is 0 Å². The number of hydrogen-bond acceptors (Lipinski definition) is 5. The fourth-order valence-corrected chi connectivity index (χ4v) is 3.23. The first-order valence-electron chi connectivity index (χ1n) is 8.76. The van der Waals surface area contributed by atoms with Gasteiger partial charge in [0.05, 0.1) is 24.8 Å². The van der Waals surface area contributed by atoms with Gasteiger partial charge in [-0.25, -0.2) is 0 Å². The van der Waals surface area contributed by atoms with E-state index in [0.717, 1.165) is 0 Å². The third kappa shape index (κ3) is 3.57. The lowest BCUT2D eigenvalue weighted by Crippen LogP contribution is -2.32. The summed E-state index contributed by atoms with van der Waals surface area (Å²) >= 11 is 0. The number of aliphatic hydroxyl groups excluding tert-OH is 2. The molecule has 27 heavy (non-hydrogen) atoms. The Hall–Kier alpha value is -3.12. The second kappa shape index (κ2) is 8.05. The van der Waals surface area contributed by atoms with Crippen molar-refractivity contribution in [1.29, 1.82) is 0 Å². The largest absolute Gasteiger partial charge is 0.507 e. The summed E-state index contributed by atoms with van der Waals surface area (Å²) in [6.45, 7) is 2.12. The molecule has 2 aromatic rings. The van der Waals surface area contributed by atoms with Gasteiger partial charge in [0.2, 0.25) is 0 Å². The quantitative estimate of drug-likeness (QED) is 0.465. The molecule has 1 aliphatic heterocycles. The van der Waals surface area contributed by atoms with Crippen molar-refractivity contribution in [3.8, 4) is 5.75 Å². The van der Waals surface area contributed by atoms with Crippen molar-refractivity contribution in [2.75, 3.05) is 19.8 Å². The van der Waals surface area contributed by atoms with Gasteiger partial charge in [0, 0.05) is 12.1 Å². The van der Waals surface area contributed by atoms with Crippen molar-refractivity contribution in [2.45, 2.75) is 13.0 Å². The zero-order valence-corrected chi connectivity index (χ0v) is 15.0. The molecule has 0 saturated carbocycles. The Morgan fingerprint density at radius 1 is 1.07 bits per heavy atom. The molecule has 1 aliphatic rings. The van der Waals surface area contributed by atoms with Crippen LogP contribution in [-0.2, 0) is 9.59 Å². The molecule has 6 nitrogen and oxygen atoms in total. The average Bonchev–Trinajstić information content (AvgIpc) is 2.94. The molecule has 1 saturated heterocycles. The van der Waals surface area contributed by atoms with Crippen LogP contribution in [0.5, 0.6) is 5.75 Å². The van der Waals surface area contributed by atoms with Gasteiger partial charge in [-0.2, -0.15) is 0 Å². The number of carbonyl (C=O) groups is 2. The van der Waals surface area contributed by atoms with Crippen molar-refractivity contribution < 1.29 is 24.5 Å². The smallest absolute Gasteiger partial charge is 0.295 e. The highest BCUT2D eigenvalue weighted by Crippen LogP contribution is 2.39. The second-order valence-corrected chi connectivity index (χ2v) is 6.08. The lowest BCUT2D eigenvalue weighted by Gasteiger charge is -2.24. The number of rotatable bonds is 6. The minimum atomic E-state index is -0.760. The summed E-state index contributed by atoms with van der Waals surface area (Å²) < 4.78 is 5.39. The molecule has 140 valence electrons. The molecule has 1 heterocycles. The highest BCUT2D eigenvalue weighted by atomic mass is 16.5. The van der Waals surface area contributed by atoms with Crippen LogP contribution in [0.3, 0.4) is 0 Å². The molecule has 1 unspecified atom stereocenters. The van der Waals surface area contributed by atoms with Crippen molar-refractivity contribution in [3.05, 3.63) is 71.3 Å². The second-order valence-electron chi connectivity index (χ2n) is 6.08. The molecule has 0 aromatic heterocycles. The zero-order chi connectivity index (χ0) is 19.4. The van der Waals surface area contributed by atoms with Crippen molar-refractivity contribution in [1.82, 2.24) is 4.90 Å². The third-order valence-corrected chi connectivity index (χ3v) is 4.43.